The van der Waals surface area contributed by atoms with E-state index >= 15 is 0 Å². The molecule has 0 aliphatic carbocycles. The Labute approximate surface area is 161 Å². The highest BCUT2D eigenvalue weighted by Crippen LogP contribution is 2.20. The Morgan fingerprint density at radius 2 is 1.00 bits per heavy atom. The summed E-state index contributed by atoms with van der Waals surface area (Å²) in [6, 6.07) is 23.4. The highest BCUT2D eigenvalue weighted by molar-refractivity contribution is 5.75. The molecule has 138 valence electrons. The lowest BCUT2D eigenvalue weighted by molar-refractivity contribution is 0.289. The van der Waals surface area contributed by atoms with E-state index in [-0.39, 0.29) is 0 Å². The number of nitrogens with zero attached hydrogens (tertiary/aromatic N) is 2. The standard InChI is InChI=1S/C22H18N4O2/c1-2-6-18-17(5-1)23-21(24-18)13-27-15-9-11-16(12-10-15)28-14-22-25-19-7-3-4-8-20(19)26-22/h1-12H,13-14H2,(H,23,24)(H,25,26). The number of hydrogen-bond donors (Lipinski definition) is 2. The van der Waals surface area contributed by atoms with Gasteiger partial charge in [-0.15, -0.1) is 0 Å². The zero-order valence-corrected chi connectivity index (χ0v) is 15.1. The molecule has 5 aromatic rings. The van der Waals surface area contributed by atoms with Crippen LogP contribution in [0.5, 0.6) is 11.5 Å². The molecular weight excluding hydrogens is 352 g/mol. The van der Waals surface area contributed by atoms with Gasteiger partial charge in [-0.25, -0.2) is 9.97 Å². The minimum atomic E-state index is 0.383. The third kappa shape index (κ3) is 3.40. The van der Waals surface area contributed by atoms with Crippen LogP contribution >= 0.6 is 0 Å². The first-order chi connectivity index (χ1) is 13.8. The molecule has 0 saturated carbocycles. The van der Waals surface area contributed by atoms with E-state index in [1.807, 2.05) is 72.8 Å². The smallest absolute Gasteiger partial charge is 0.146 e. The van der Waals surface area contributed by atoms with Gasteiger partial charge < -0.3 is 19.4 Å². The Hall–Kier alpha value is -3.80. The van der Waals surface area contributed by atoms with E-state index in [0.717, 1.165) is 45.2 Å². The SMILES string of the molecule is c1ccc2[nH]c(COc3ccc(OCc4nc5ccccc5[nH]4)cc3)nc2c1. The number of nitrogens with one attached hydrogen (secondary N) is 2. The van der Waals surface area contributed by atoms with Crippen molar-refractivity contribution in [1.82, 2.24) is 19.9 Å². The van der Waals surface area contributed by atoms with Crippen molar-refractivity contribution in [2.24, 2.45) is 0 Å². The molecule has 0 spiro atoms. The van der Waals surface area contributed by atoms with Crippen molar-refractivity contribution < 1.29 is 9.47 Å². The fourth-order valence-corrected chi connectivity index (χ4v) is 3.08. The van der Waals surface area contributed by atoms with E-state index in [4.69, 9.17) is 9.47 Å². The maximum absolute atomic E-state index is 5.81. The summed E-state index contributed by atoms with van der Waals surface area (Å²) in [6.07, 6.45) is 0. The molecule has 0 aliphatic heterocycles. The number of para-hydroxylation sites is 4. The fourth-order valence-electron chi connectivity index (χ4n) is 3.08. The summed E-state index contributed by atoms with van der Waals surface area (Å²) < 4.78 is 11.6. The predicted octanol–water partition coefficient (Wildman–Crippen LogP) is 4.60. The van der Waals surface area contributed by atoms with E-state index in [2.05, 4.69) is 19.9 Å². The molecule has 0 bridgehead atoms. The second kappa shape index (κ2) is 7.08. The summed E-state index contributed by atoms with van der Waals surface area (Å²) in [5.74, 6) is 3.12. The minimum Gasteiger partial charge on any atom is -0.486 e. The third-order valence-corrected chi connectivity index (χ3v) is 4.45. The number of benzene rings is 3. The zero-order chi connectivity index (χ0) is 18.8. The van der Waals surface area contributed by atoms with Crippen molar-refractivity contribution in [2.45, 2.75) is 13.2 Å². The van der Waals surface area contributed by atoms with Crippen LogP contribution in [0.25, 0.3) is 22.1 Å². The number of rotatable bonds is 6. The Bertz CT molecular complexity index is 1060. The molecule has 0 amide bonds. The van der Waals surface area contributed by atoms with Crippen molar-refractivity contribution in [1.29, 1.82) is 0 Å². The molecule has 6 nitrogen and oxygen atoms in total. The second-order valence-corrected chi connectivity index (χ2v) is 6.45. The third-order valence-electron chi connectivity index (χ3n) is 4.45. The topological polar surface area (TPSA) is 75.8 Å². The van der Waals surface area contributed by atoms with Gasteiger partial charge in [-0.05, 0) is 48.5 Å². The Balaban J connectivity index is 1.19. The zero-order valence-electron chi connectivity index (χ0n) is 15.1. The molecule has 2 heterocycles. The molecule has 0 fully saturated rings. The van der Waals surface area contributed by atoms with Gasteiger partial charge in [0.25, 0.3) is 0 Å². The first-order valence-electron chi connectivity index (χ1n) is 9.06. The number of fused-ring (bicyclic) bond motifs is 2. The van der Waals surface area contributed by atoms with Crippen LogP contribution < -0.4 is 9.47 Å². The first kappa shape index (κ1) is 16.4. The molecule has 5 rings (SSSR count). The number of hydrogen-bond acceptors (Lipinski definition) is 4. The summed E-state index contributed by atoms with van der Waals surface area (Å²) in [5.41, 5.74) is 3.90. The maximum atomic E-state index is 5.81. The van der Waals surface area contributed by atoms with E-state index in [0.29, 0.717) is 13.2 Å². The highest BCUT2D eigenvalue weighted by atomic mass is 16.5. The maximum Gasteiger partial charge on any atom is 0.146 e. The molecule has 28 heavy (non-hydrogen) atoms. The molecule has 6 heteroatoms. The van der Waals surface area contributed by atoms with Crippen molar-refractivity contribution in [2.75, 3.05) is 0 Å². The van der Waals surface area contributed by atoms with Crippen LogP contribution in [0.15, 0.2) is 72.8 Å². The van der Waals surface area contributed by atoms with Crippen molar-refractivity contribution >= 4 is 22.1 Å². The molecular formula is C22H18N4O2. The lowest BCUT2D eigenvalue weighted by Crippen LogP contribution is -1.99. The normalized spacial score (nSPS) is 11.1. The van der Waals surface area contributed by atoms with E-state index in [1.165, 1.54) is 0 Å². The van der Waals surface area contributed by atoms with Gasteiger partial charge in [0.2, 0.25) is 0 Å². The lowest BCUT2D eigenvalue weighted by Gasteiger charge is -2.07. The molecule has 2 aromatic heterocycles. The van der Waals surface area contributed by atoms with E-state index in [9.17, 15) is 0 Å². The quantitative estimate of drug-likeness (QED) is 0.458. The van der Waals surface area contributed by atoms with Gasteiger partial charge in [-0.1, -0.05) is 24.3 Å². The van der Waals surface area contributed by atoms with Gasteiger partial charge >= 0.3 is 0 Å². The number of ether oxygens (including phenoxy) is 2. The molecule has 0 saturated heterocycles. The Kier molecular flexibility index (Phi) is 4.14. The molecule has 3 aromatic carbocycles. The van der Waals surface area contributed by atoms with Gasteiger partial charge in [-0.2, -0.15) is 0 Å². The highest BCUT2D eigenvalue weighted by Gasteiger charge is 2.05. The predicted molar refractivity (Wildman–Crippen MR) is 107 cm³/mol. The molecule has 0 atom stereocenters. The largest absolute Gasteiger partial charge is 0.486 e. The molecule has 0 unspecified atom stereocenters. The fraction of sp³-hybridized carbons (Fsp3) is 0.0909. The minimum absolute atomic E-state index is 0.383. The van der Waals surface area contributed by atoms with Crippen molar-refractivity contribution in [3.8, 4) is 11.5 Å². The van der Waals surface area contributed by atoms with Crippen LogP contribution in [-0.4, -0.2) is 19.9 Å². The average Bonchev–Trinajstić information content (AvgIpc) is 3.34. The summed E-state index contributed by atoms with van der Waals surface area (Å²) in [6.45, 7) is 0.766. The van der Waals surface area contributed by atoms with E-state index < -0.39 is 0 Å². The Morgan fingerprint density at radius 3 is 1.43 bits per heavy atom. The number of aromatic nitrogens is 4. The second-order valence-electron chi connectivity index (χ2n) is 6.45. The first-order valence-corrected chi connectivity index (χ1v) is 9.06. The summed E-state index contributed by atoms with van der Waals surface area (Å²) >= 11 is 0. The summed E-state index contributed by atoms with van der Waals surface area (Å²) in [5, 5.41) is 0. The summed E-state index contributed by atoms with van der Waals surface area (Å²) in [4.78, 5) is 15.5. The number of imidazole rings is 2. The monoisotopic (exact) mass is 370 g/mol. The van der Waals surface area contributed by atoms with E-state index in [1.54, 1.807) is 0 Å². The van der Waals surface area contributed by atoms with Crippen LogP contribution in [0.4, 0.5) is 0 Å². The van der Waals surface area contributed by atoms with Crippen LogP contribution in [0.3, 0.4) is 0 Å². The molecule has 2 N–H and O–H groups in total. The van der Waals surface area contributed by atoms with Gasteiger partial charge in [0.1, 0.15) is 36.4 Å². The van der Waals surface area contributed by atoms with Crippen LogP contribution in [0, 0.1) is 0 Å². The molecule has 0 radical (unpaired) electrons. The van der Waals surface area contributed by atoms with Gasteiger partial charge in [0.05, 0.1) is 22.1 Å². The van der Waals surface area contributed by atoms with Gasteiger partial charge in [-0.3, -0.25) is 0 Å². The number of aromatic amines is 2. The van der Waals surface area contributed by atoms with Crippen LogP contribution in [-0.2, 0) is 13.2 Å². The average molecular weight is 370 g/mol. The van der Waals surface area contributed by atoms with Gasteiger partial charge in [0, 0.05) is 0 Å². The number of H-pyrrole nitrogens is 2. The van der Waals surface area contributed by atoms with Crippen LogP contribution in [0.2, 0.25) is 0 Å². The lowest BCUT2D eigenvalue weighted by atomic mass is 10.3. The van der Waals surface area contributed by atoms with Crippen molar-refractivity contribution in [3.05, 3.63) is 84.4 Å². The summed E-state index contributed by atoms with van der Waals surface area (Å²) in [7, 11) is 0. The van der Waals surface area contributed by atoms with Gasteiger partial charge in [0.15, 0.2) is 0 Å². The molecule has 0 aliphatic rings. The van der Waals surface area contributed by atoms with Crippen LogP contribution in [0.1, 0.15) is 11.6 Å². The van der Waals surface area contributed by atoms with Crippen molar-refractivity contribution in [3.63, 3.8) is 0 Å². The Morgan fingerprint density at radius 1 is 0.571 bits per heavy atom.